The first kappa shape index (κ1) is 33.5. The molecule has 3 saturated carbocycles. The van der Waals surface area contributed by atoms with Crippen molar-refractivity contribution < 1.29 is 5.11 Å². The van der Waals surface area contributed by atoms with Gasteiger partial charge < -0.3 is 15.4 Å². The Morgan fingerprint density at radius 3 is 2.50 bits per heavy atom. The summed E-state index contributed by atoms with van der Waals surface area (Å²) < 4.78 is 2.17. The molecule has 252 valence electrons. The second-order valence-corrected chi connectivity index (χ2v) is 17.2. The molecular weight excluding hydrogens is 564 g/mol. The third kappa shape index (κ3) is 6.15. The summed E-state index contributed by atoms with van der Waals surface area (Å²) in [5, 5.41) is 11.3. The normalized spacial score (nSPS) is 32.9. The Balaban J connectivity index is 0.000000178. The summed E-state index contributed by atoms with van der Waals surface area (Å²) in [6.45, 7) is 17.9. The van der Waals surface area contributed by atoms with Gasteiger partial charge in [0, 0.05) is 11.9 Å². The third-order valence-corrected chi connectivity index (χ3v) is 13.3. The summed E-state index contributed by atoms with van der Waals surface area (Å²) in [5.41, 5.74) is 11.4. The van der Waals surface area contributed by atoms with E-state index < -0.39 is 0 Å². The van der Waals surface area contributed by atoms with Gasteiger partial charge in [0.15, 0.2) is 5.82 Å². The summed E-state index contributed by atoms with van der Waals surface area (Å²) in [6.07, 6.45) is 19.0. The van der Waals surface area contributed by atoms with E-state index >= 15 is 0 Å². The molecule has 3 aromatic rings. The maximum Gasteiger partial charge on any atom is 0.152 e. The van der Waals surface area contributed by atoms with Gasteiger partial charge in [0.05, 0.1) is 23.5 Å². The maximum absolute atomic E-state index is 10.2. The van der Waals surface area contributed by atoms with Crippen LogP contribution < -0.4 is 5.73 Å². The van der Waals surface area contributed by atoms with Crippen LogP contribution in [0.15, 0.2) is 42.2 Å². The van der Waals surface area contributed by atoms with Gasteiger partial charge in [-0.25, -0.2) is 9.97 Å². The molecule has 0 unspecified atom stereocenters. The van der Waals surface area contributed by atoms with Crippen LogP contribution in [0.3, 0.4) is 0 Å². The minimum absolute atomic E-state index is 0.0766. The van der Waals surface area contributed by atoms with Crippen molar-refractivity contribution in [3.63, 3.8) is 0 Å². The number of para-hydroxylation sites is 1. The summed E-state index contributed by atoms with van der Waals surface area (Å²) in [4.78, 5) is 8.80. The first-order chi connectivity index (χ1) is 21.9. The summed E-state index contributed by atoms with van der Waals surface area (Å²) >= 11 is 0. The van der Waals surface area contributed by atoms with Gasteiger partial charge in [-0.2, -0.15) is 0 Å². The van der Waals surface area contributed by atoms with Gasteiger partial charge in [-0.3, -0.25) is 0 Å². The molecule has 8 atom stereocenters. The quantitative estimate of drug-likeness (QED) is 0.256. The van der Waals surface area contributed by atoms with E-state index in [0.29, 0.717) is 22.6 Å². The van der Waals surface area contributed by atoms with Gasteiger partial charge in [-0.05, 0) is 110 Å². The molecule has 0 amide bonds. The summed E-state index contributed by atoms with van der Waals surface area (Å²) in [7, 11) is 0. The minimum atomic E-state index is -0.0766. The van der Waals surface area contributed by atoms with Gasteiger partial charge >= 0.3 is 0 Å². The van der Waals surface area contributed by atoms with E-state index in [2.05, 4.69) is 75.1 Å². The van der Waals surface area contributed by atoms with Gasteiger partial charge in [0.1, 0.15) is 5.52 Å². The van der Waals surface area contributed by atoms with E-state index in [-0.39, 0.29) is 6.10 Å². The SMILES string of the molecule is CC(C)CCC[C@@H](C)[C@H]1CC[C@H]2[C@@H]3CC=C4C[C@@H](O)CC[C@]4(C)[C@H]3CC[C@]12C.CC(C)Cn1cnc2c(N)nc3ccccc3c21. The maximum atomic E-state index is 10.2. The van der Waals surface area contributed by atoms with Crippen molar-refractivity contribution >= 4 is 27.8 Å². The van der Waals surface area contributed by atoms with Gasteiger partial charge in [0.2, 0.25) is 0 Å². The Labute approximate surface area is 278 Å². The van der Waals surface area contributed by atoms with Crippen molar-refractivity contribution in [2.75, 3.05) is 5.73 Å². The number of nitrogens with two attached hydrogens (primary N) is 1. The van der Waals surface area contributed by atoms with E-state index in [1.54, 1.807) is 5.57 Å². The molecule has 2 aromatic heterocycles. The molecule has 3 fully saturated rings. The zero-order chi connectivity index (χ0) is 32.8. The van der Waals surface area contributed by atoms with Crippen LogP contribution in [0.4, 0.5) is 5.82 Å². The molecule has 0 saturated heterocycles. The van der Waals surface area contributed by atoms with Gasteiger partial charge in [0.25, 0.3) is 0 Å². The first-order valence-electron chi connectivity index (χ1n) is 18.8. The van der Waals surface area contributed by atoms with Crippen LogP contribution in [0.2, 0.25) is 0 Å². The number of pyridine rings is 1. The van der Waals surface area contributed by atoms with Crippen LogP contribution in [-0.2, 0) is 6.54 Å². The second kappa shape index (κ2) is 13.2. The number of aromatic nitrogens is 3. The molecule has 1 aromatic carbocycles. The van der Waals surface area contributed by atoms with E-state index in [1.165, 1.54) is 57.8 Å². The fourth-order valence-corrected chi connectivity index (χ4v) is 11.0. The largest absolute Gasteiger partial charge is 0.393 e. The van der Waals surface area contributed by atoms with Crippen LogP contribution >= 0.6 is 0 Å². The predicted octanol–water partition coefficient (Wildman–Crippen LogP) is 10.2. The highest BCUT2D eigenvalue weighted by molar-refractivity contribution is 6.06. The van der Waals surface area contributed by atoms with E-state index in [0.717, 1.165) is 76.8 Å². The topological polar surface area (TPSA) is 77.0 Å². The van der Waals surface area contributed by atoms with Crippen LogP contribution in [0, 0.1) is 52.3 Å². The molecule has 0 bridgehead atoms. The molecule has 5 nitrogen and oxygen atoms in total. The molecule has 0 spiro atoms. The van der Waals surface area contributed by atoms with Crippen molar-refractivity contribution in [1.82, 2.24) is 14.5 Å². The number of nitrogens with zero attached hydrogens (tertiary/aromatic N) is 3. The third-order valence-electron chi connectivity index (χ3n) is 13.3. The number of nitrogen functional groups attached to an aromatic ring is 1. The summed E-state index contributed by atoms with van der Waals surface area (Å²) in [6, 6.07) is 8.05. The number of allylic oxidation sites excluding steroid dienone is 1. The minimum Gasteiger partial charge on any atom is -0.393 e. The summed E-state index contributed by atoms with van der Waals surface area (Å²) in [5.74, 6) is 6.53. The molecule has 46 heavy (non-hydrogen) atoms. The number of aliphatic hydroxyl groups excluding tert-OH is 1. The highest BCUT2D eigenvalue weighted by Crippen LogP contribution is 2.67. The second-order valence-electron chi connectivity index (χ2n) is 17.2. The highest BCUT2D eigenvalue weighted by Gasteiger charge is 2.59. The number of hydrogen-bond donors (Lipinski definition) is 2. The number of fused-ring (bicyclic) bond motifs is 8. The molecule has 7 rings (SSSR count). The lowest BCUT2D eigenvalue weighted by atomic mass is 9.47. The average molecular weight is 627 g/mol. The smallest absolute Gasteiger partial charge is 0.152 e. The Bertz CT molecular complexity index is 1540. The number of aliphatic hydroxyl groups is 1. The molecule has 3 N–H and O–H groups in total. The molecule has 0 aliphatic heterocycles. The van der Waals surface area contributed by atoms with Gasteiger partial charge in [-0.1, -0.05) is 97.6 Å². The molecule has 4 aliphatic rings. The van der Waals surface area contributed by atoms with Crippen molar-refractivity contribution in [2.24, 2.45) is 52.3 Å². The number of anilines is 1. The standard InChI is InChI=1S/C27H46O.C14H16N4/c1-18(2)7-6-8-19(3)23-11-12-24-22-10-9-20-17-21(28)13-15-26(20,4)25(22)14-16-27(23,24)5;1-9(2)7-18-8-16-12-13(18)10-5-3-4-6-11(10)17-14(12)15/h9,18-19,21-25,28H,6-8,10-17H2,1-5H3;3-6,8-9H,7H2,1-2H3,(H2,15,17)/t19-,21+,22+,23-,24+,25+,26+,27-;/m1./s1. The molecule has 2 heterocycles. The van der Waals surface area contributed by atoms with E-state index in [9.17, 15) is 5.11 Å². The lowest BCUT2D eigenvalue weighted by molar-refractivity contribution is -0.0573. The fraction of sp³-hybridized carbons (Fsp3) is 0.707. The number of imidazole rings is 1. The Morgan fingerprint density at radius 2 is 1.74 bits per heavy atom. The zero-order valence-electron chi connectivity index (χ0n) is 29.9. The van der Waals surface area contributed by atoms with Crippen molar-refractivity contribution in [1.29, 1.82) is 0 Å². The lowest BCUT2D eigenvalue weighted by Gasteiger charge is -2.58. The monoisotopic (exact) mass is 626 g/mol. The number of benzene rings is 1. The number of rotatable bonds is 7. The average Bonchev–Trinajstić information content (AvgIpc) is 3.59. The van der Waals surface area contributed by atoms with Crippen LogP contribution in [-0.4, -0.2) is 25.7 Å². The highest BCUT2D eigenvalue weighted by atomic mass is 16.3. The van der Waals surface area contributed by atoms with Crippen LogP contribution in [0.1, 0.15) is 119 Å². The van der Waals surface area contributed by atoms with Crippen molar-refractivity contribution in [2.45, 2.75) is 132 Å². The van der Waals surface area contributed by atoms with Crippen LogP contribution in [0.25, 0.3) is 21.9 Å². The number of hydrogen-bond acceptors (Lipinski definition) is 4. The Kier molecular flexibility index (Phi) is 9.65. The Hall–Kier alpha value is -2.40. The van der Waals surface area contributed by atoms with Crippen molar-refractivity contribution in [3.8, 4) is 0 Å². The molecular formula is C41H62N4O. The van der Waals surface area contributed by atoms with Gasteiger partial charge in [-0.15, -0.1) is 0 Å². The lowest BCUT2D eigenvalue weighted by Crippen LogP contribution is -2.50. The van der Waals surface area contributed by atoms with E-state index in [4.69, 9.17) is 5.73 Å². The first-order valence-corrected chi connectivity index (χ1v) is 18.8. The van der Waals surface area contributed by atoms with Crippen LogP contribution in [0.5, 0.6) is 0 Å². The predicted molar refractivity (Wildman–Crippen MR) is 193 cm³/mol. The molecule has 5 heteroatoms. The van der Waals surface area contributed by atoms with E-state index in [1.807, 2.05) is 24.5 Å². The molecule has 0 radical (unpaired) electrons. The fourth-order valence-electron chi connectivity index (χ4n) is 11.0. The molecule has 4 aliphatic carbocycles. The van der Waals surface area contributed by atoms with Crippen molar-refractivity contribution in [3.05, 3.63) is 42.2 Å². The zero-order valence-corrected chi connectivity index (χ0v) is 29.9. The Morgan fingerprint density at radius 1 is 0.957 bits per heavy atom.